The van der Waals surface area contributed by atoms with Gasteiger partial charge in [0.2, 0.25) is 0 Å². The van der Waals surface area contributed by atoms with Crippen LogP contribution in [0.4, 0.5) is 0 Å². The minimum absolute atomic E-state index is 0.0778. The second-order valence-electron chi connectivity index (χ2n) is 4.23. The molecule has 6 heteroatoms. The Morgan fingerprint density at radius 2 is 2.45 bits per heavy atom. The van der Waals surface area contributed by atoms with Gasteiger partial charge in [-0.15, -0.1) is 11.3 Å². The Morgan fingerprint density at radius 1 is 1.60 bits per heavy atom. The highest BCUT2D eigenvalue weighted by atomic mass is 32.1. The number of rotatable bonds is 4. The van der Waals surface area contributed by atoms with Gasteiger partial charge >= 0.3 is 0 Å². The first kappa shape index (κ1) is 14.3. The van der Waals surface area contributed by atoms with E-state index in [1.54, 1.807) is 22.3 Å². The Bertz CT molecular complexity index is 647. The summed E-state index contributed by atoms with van der Waals surface area (Å²) >= 11 is 1.45. The van der Waals surface area contributed by atoms with Gasteiger partial charge in [-0.2, -0.15) is 5.10 Å². The highest BCUT2D eigenvalue weighted by molar-refractivity contribution is 7.10. The van der Waals surface area contributed by atoms with Gasteiger partial charge in [0.1, 0.15) is 0 Å². The van der Waals surface area contributed by atoms with E-state index in [4.69, 9.17) is 5.73 Å². The molecule has 0 fully saturated rings. The van der Waals surface area contributed by atoms with Crippen LogP contribution in [0.25, 0.3) is 0 Å². The molecule has 0 aliphatic heterocycles. The molecule has 5 nitrogen and oxygen atoms in total. The molecular weight excluding hydrogens is 272 g/mol. The smallest absolute Gasteiger partial charge is 0.252 e. The van der Waals surface area contributed by atoms with Crippen LogP contribution < -0.4 is 11.1 Å². The van der Waals surface area contributed by atoms with Crippen LogP contribution in [0, 0.1) is 11.8 Å². The van der Waals surface area contributed by atoms with Gasteiger partial charge in [0.15, 0.2) is 0 Å². The first-order valence-corrected chi connectivity index (χ1v) is 7.10. The highest BCUT2D eigenvalue weighted by Gasteiger charge is 2.07. The Labute approximate surface area is 121 Å². The molecule has 0 unspecified atom stereocenters. The molecule has 0 saturated heterocycles. The van der Waals surface area contributed by atoms with Crippen molar-refractivity contribution in [3.05, 3.63) is 39.8 Å². The number of aryl methyl sites for hydroxylation is 1. The normalized spacial score (nSPS) is 9.90. The molecule has 0 atom stereocenters. The molecule has 0 saturated carbocycles. The number of amides is 1. The van der Waals surface area contributed by atoms with Gasteiger partial charge in [-0.3, -0.25) is 9.48 Å². The van der Waals surface area contributed by atoms with Crippen molar-refractivity contribution in [3.8, 4) is 11.8 Å². The maximum atomic E-state index is 11.9. The standard InChI is InChI=1S/C14H16N4OS/c1-18-9-11(8-17-18)4-6-16-14(19)12-7-13(20-10-12)3-2-5-15/h7-10H,4-6,15H2,1H3,(H,16,19). The lowest BCUT2D eigenvalue weighted by atomic mass is 10.2. The fraction of sp³-hybridized carbons (Fsp3) is 0.286. The Kier molecular flexibility index (Phi) is 4.93. The number of nitrogens with one attached hydrogen (secondary N) is 1. The summed E-state index contributed by atoms with van der Waals surface area (Å²) in [6, 6.07) is 1.78. The van der Waals surface area contributed by atoms with Crippen LogP contribution in [-0.2, 0) is 13.5 Å². The van der Waals surface area contributed by atoms with Gasteiger partial charge in [0.05, 0.1) is 23.2 Å². The summed E-state index contributed by atoms with van der Waals surface area (Å²) in [4.78, 5) is 12.8. The molecule has 104 valence electrons. The van der Waals surface area contributed by atoms with Crippen LogP contribution in [0.3, 0.4) is 0 Å². The molecule has 0 spiro atoms. The van der Waals surface area contributed by atoms with E-state index < -0.39 is 0 Å². The molecule has 3 N–H and O–H groups in total. The van der Waals surface area contributed by atoms with Crippen molar-refractivity contribution in [2.45, 2.75) is 6.42 Å². The maximum Gasteiger partial charge on any atom is 0.252 e. The average Bonchev–Trinajstić information content (AvgIpc) is 3.05. The maximum absolute atomic E-state index is 11.9. The molecule has 20 heavy (non-hydrogen) atoms. The van der Waals surface area contributed by atoms with Gasteiger partial charge in [0, 0.05) is 25.2 Å². The van der Waals surface area contributed by atoms with Crippen molar-refractivity contribution in [2.75, 3.05) is 13.1 Å². The van der Waals surface area contributed by atoms with Crippen molar-refractivity contribution in [3.63, 3.8) is 0 Å². The third-order valence-corrected chi connectivity index (χ3v) is 3.48. The van der Waals surface area contributed by atoms with Crippen molar-refractivity contribution in [1.29, 1.82) is 0 Å². The van der Waals surface area contributed by atoms with Gasteiger partial charge in [0.25, 0.3) is 5.91 Å². The zero-order valence-electron chi connectivity index (χ0n) is 11.2. The Morgan fingerprint density at radius 3 is 3.15 bits per heavy atom. The van der Waals surface area contributed by atoms with E-state index >= 15 is 0 Å². The van der Waals surface area contributed by atoms with Crippen molar-refractivity contribution in [2.24, 2.45) is 12.8 Å². The number of hydrogen-bond acceptors (Lipinski definition) is 4. The SMILES string of the molecule is Cn1cc(CCNC(=O)c2csc(C#CCN)c2)cn1. The minimum Gasteiger partial charge on any atom is -0.352 e. The summed E-state index contributed by atoms with van der Waals surface area (Å²) in [6.45, 7) is 0.911. The van der Waals surface area contributed by atoms with E-state index in [0.29, 0.717) is 18.7 Å². The van der Waals surface area contributed by atoms with Crippen LogP contribution in [-0.4, -0.2) is 28.8 Å². The molecule has 2 rings (SSSR count). The van der Waals surface area contributed by atoms with E-state index in [0.717, 1.165) is 16.9 Å². The van der Waals surface area contributed by atoms with E-state index in [9.17, 15) is 4.79 Å². The minimum atomic E-state index is -0.0778. The summed E-state index contributed by atoms with van der Waals surface area (Å²) in [5, 5.41) is 8.77. The number of thiophene rings is 1. The first-order chi connectivity index (χ1) is 9.69. The second-order valence-corrected chi connectivity index (χ2v) is 5.14. The van der Waals surface area contributed by atoms with Crippen LogP contribution in [0.1, 0.15) is 20.8 Å². The van der Waals surface area contributed by atoms with E-state index in [1.807, 2.05) is 13.2 Å². The number of carbonyl (C=O) groups excluding carboxylic acids is 1. The molecule has 2 aromatic rings. The first-order valence-electron chi connectivity index (χ1n) is 6.22. The van der Waals surface area contributed by atoms with Gasteiger partial charge in [-0.05, 0) is 18.1 Å². The van der Waals surface area contributed by atoms with E-state index in [1.165, 1.54) is 11.3 Å². The van der Waals surface area contributed by atoms with Crippen LogP contribution >= 0.6 is 11.3 Å². The monoisotopic (exact) mass is 288 g/mol. The van der Waals surface area contributed by atoms with Gasteiger partial charge in [-0.1, -0.05) is 11.8 Å². The third kappa shape index (κ3) is 3.95. The van der Waals surface area contributed by atoms with Crippen molar-refractivity contribution < 1.29 is 4.79 Å². The molecule has 0 bridgehead atoms. The zero-order valence-corrected chi connectivity index (χ0v) is 12.0. The molecular formula is C14H16N4OS. The van der Waals surface area contributed by atoms with Crippen molar-refractivity contribution in [1.82, 2.24) is 15.1 Å². The molecule has 2 aromatic heterocycles. The Balaban J connectivity index is 1.84. The molecule has 0 aromatic carbocycles. The lowest BCUT2D eigenvalue weighted by molar-refractivity contribution is 0.0954. The Hall–Kier alpha value is -2.10. The third-order valence-electron chi connectivity index (χ3n) is 2.63. The summed E-state index contributed by atoms with van der Waals surface area (Å²) < 4.78 is 1.75. The van der Waals surface area contributed by atoms with E-state index in [-0.39, 0.29) is 5.91 Å². The largest absolute Gasteiger partial charge is 0.352 e. The highest BCUT2D eigenvalue weighted by Crippen LogP contribution is 2.13. The topological polar surface area (TPSA) is 72.9 Å². The fourth-order valence-corrected chi connectivity index (χ4v) is 2.44. The van der Waals surface area contributed by atoms with Crippen LogP contribution in [0.5, 0.6) is 0 Å². The lowest BCUT2D eigenvalue weighted by Gasteiger charge is -2.01. The molecule has 2 heterocycles. The van der Waals surface area contributed by atoms with Gasteiger partial charge in [-0.25, -0.2) is 0 Å². The number of nitrogens with two attached hydrogens (primary N) is 1. The van der Waals surface area contributed by atoms with E-state index in [2.05, 4.69) is 22.3 Å². The predicted octanol–water partition coefficient (Wildman–Crippen LogP) is 0.764. The predicted molar refractivity (Wildman–Crippen MR) is 79.5 cm³/mol. The number of carbonyl (C=O) groups is 1. The van der Waals surface area contributed by atoms with Crippen molar-refractivity contribution >= 4 is 17.2 Å². The second kappa shape index (κ2) is 6.89. The molecule has 0 radical (unpaired) electrons. The summed E-state index contributed by atoms with van der Waals surface area (Å²) in [5.74, 6) is 5.61. The van der Waals surface area contributed by atoms with Gasteiger partial charge < -0.3 is 11.1 Å². The van der Waals surface area contributed by atoms with Crippen LogP contribution in [0.15, 0.2) is 23.8 Å². The summed E-state index contributed by atoms with van der Waals surface area (Å²) in [7, 11) is 1.87. The number of nitrogens with zero attached hydrogens (tertiary/aromatic N) is 2. The molecule has 1 amide bonds. The number of hydrogen-bond donors (Lipinski definition) is 2. The average molecular weight is 288 g/mol. The molecule has 0 aliphatic carbocycles. The zero-order chi connectivity index (χ0) is 14.4. The molecule has 0 aliphatic rings. The lowest BCUT2D eigenvalue weighted by Crippen LogP contribution is -2.25. The number of aromatic nitrogens is 2. The van der Waals surface area contributed by atoms with Crippen LogP contribution in [0.2, 0.25) is 0 Å². The fourth-order valence-electron chi connectivity index (χ4n) is 1.68. The summed E-state index contributed by atoms with van der Waals surface area (Å²) in [5.41, 5.74) is 7.06. The summed E-state index contributed by atoms with van der Waals surface area (Å²) in [6.07, 6.45) is 4.51. The quantitative estimate of drug-likeness (QED) is 0.816.